The largest absolute Gasteiger partial charge is 0.506 e. The fourth-order valence-electron chi connectivity index (χ4n) is 10.2. The number of piperidine rings is 2. The predicted molar refractivity (Wildman–Crippen MR) is 248 cm³/mol. The van der Waals surface area contributed by atoms with Gasteiger partial charge in [-0.15, -0.1) is 0 Å². The number of hydrogen-bond donors (Lipinski definition) is 3. The Kier molecular flexibility index (Phi) is 20.2. The van der Waals surface area contributed by atoms with E-state index in [2.05, 4.69) is 41.7 Å². The van der Waals surface area contributed by atoms with E-state index in [1.807, 2.05) is 6.92 Å². The number of carboxylic acid groups (broad SMARTS) is 2. The van der Waals surface area contributed by atoms with Crippen LogP contribution in [0.3, 0.4) is 0 Å². The molecule has 3 N–H and O–H groups in total. The normalized spacial score (nSPS) is 18.5. The van der Waals surface area contributed by atoms with Crippen LogP contribution in [0.2, 0.25) is 0 Å². The third kappa shape index (κ3) is 13.5. The van der Waals surface area contributed by atoms with E-state index >= 15 is 0 Å². The van der Waals surface area contributed by atoms with Gasteiger partial charge >= 0.3 is 11.6 Å². The molecule has 2 saturated heterocycles. The Morgan fingerprint density at radius 3 is 1.56 bits per heavy atom. The summed E-state index contributed by atoms with van der Waals surface area (Å²) in [4.78, 5) is 59.7. The molecule has 23 heteroatoms. The summed E-state index contributed by atoms with van der Waals surface area (Å²) in [5.41, 5.74) is 4.11. The molecule has 18 nitrogen and oxygen atoms in total. The molecular weight excluding hydrogens is 1100 g/mol. The Hall–Kier alpha value is -3.88. The predicted octanol–water partition coefficient (Wildman–Crippen LogP) is 7.76. The first kappa shape index (κ1) is 56.4. The molecule has 2 unspecified atom stereocenters. The molecule has 4 aromatic heterocycles. The van der Waals surface area contributed by atoms with Gasteiger partial charge in [0.15, 0.2) is 23.1 Å². The van der Waals surface area contributed by atoms with E-state index in [1.165, 1.54) is 24.3 Å². The standard InChI is InChI=1S/C24H27FN4O5.C23H27FN4O3.CHClO2.2Y/c1-14-17(23(30)29-9-2-3-19(22(29)26-14)33-24(31)32)8-12-28-10-6-15(7-11-28)21-18-5-4-16(25)13-20(18)34-27-21;1-14-17(23(30)28-9-2-3-19(29)22(28)25-14)8-12-27-10-6-15(7-11-27)21-18-5-4-16(24)13-20(18)31-26-21;2-1(3)4;;/h4-5,13,15,19H,2-3,6-12H2,1H3,(H,31,32);4-5,13,15,19,29H,2-3,6-12H2,1H3;(H,3,4);;. The molecule has 4 aliphatic rings. The molecule has 0 saturated carbocycles. The van der Waals surface area contributed by atoms with Crippen molar-refractivity contribution in [3.05, 3.63) is 114 Å². The van der Waals surface area contributed by atoms with Crippen LogP contribution in [0.15, 0.2) is 55.0 Å². The summed E-state index contributed by atoms with van der Waals surface area (Å²) in [6, 6.07) is 9.11. The molecule has 6 aromatic rings. The number of carbonyl (C=O) groups is 2. The van der Waals surface area contributed by atoms with Crippen molar-refractivity contribution in [2.24, 2.45) is 0 Å². The van der Waals surface area contributed by atoms with Crippen molar-refractivity contribution in [1.82, 2.24) is 39.2 Å². The number of likely N-dealkylation sites (tertiary alicyclic amines) is 2. The molecular formula is C48H55ClF2N8O10Y2. The quantitative estimate of drug-likeness (QED) is 0.0927. The number of benzene rings is 2. The first-order valence-corrected chi connectivity index (χ1v) is 23.7. The maximum Gasteiger partial charge on any atom is 0.506 e. The second-order valence-electron chi connectivity index (χ2n) is 18.1. The topological polar surface area (TPSA) is 232 Å². The number of halogens is 3. The molecule has 0 amide bonds. The molecule has 0 bridgehead atoms. The van der Waals surface area contributed by atoms with E-state index in [-0.39, 0.29) is 94.1 Å². The monoisotopic (exact) mass is 1150 g/mol. The van der Waals surface area contributed by atoms with Crippen molar-refractivity contribution in [3.63, 3.8) is 0 Å². The van der Waals surface area contributed by atoms with E-state index in [0.717, 1.165) is 105 Å². The summed E-state index contributed by atoms with van der Waals surface area (Å²) in [5.74, 6) is 0.813. The van der Waals surface area contributed by atoms with Crippen LogP contribution in [0.4, 0.5) is 18.4 Å². The smallest absolute Gasteiger partial charge is 0.469 e. The van der Waals surface area contributed by atoms with Gasteiger partial charge < -0.3 is 38.9 Å². The number of aliphatic hydroxyl groups excluding tert-OH is 1. The molecule has 2 aromatic carbocycles. The number of rotatable bonds is 9. The minimum Gasteiger partial charge on any atom is -0.469 e. The van der Waals surface area contributed by atoms with Gasteiger partial charge in [0.1, 0.15) is 23.6 Å². The van der Waals surface area contributed by atoms with Crippen LogP contribution in [0.5, 0.6) is 0 Å². The molecule has 0 spiro atoms. The van der Waals surface area contributed by atoms with Crippen molar-refractivity contribution in [3.8, 4) is 0 Å². The second-order valence-corrected chi connectivity index (χ2v) is 18.4. The van der Waals surface area contributed by atoms with Crippen molar-refractivity contribution in [1.29, 1.82) is 0 Å². The van der Waals surface area contributed by atoms with Crippen LogP contribution in [0.1, 0.15) is 121 Å². The molecule has 2 radical (unpaired) electrons. The third-order valence-electron chi connectivity index (χ3n) is 13.8. The first-order valence-electron chi connectivity index (χ1n) is 23.4. The van der Waals surface area contributed by atoms with Gasteiger partial charge in [-0.2, -0.15) is 0 Å². The summed E-state index contributed by atoms with van der Waals surface area (Å²) in [6.07, 6.45) is 4.93. The Morgan fingerprint density at radius 1 is 0.690 bits per heavy atom. The minimum atomic E-state index is -1.36. The van der Waals surface area contributed by atoms with E-state index in [4.69, 9.17) is 28.8 Å². The average molecular weight is 1160 g/mol. The van der Waals surface area contributed by atoms with Gasteiger partial charge in [0.2, 0.25) is 0 Å². The SMILES string of the molecule is Cc1nc2n(c(=O)c1CCN1CCC(c3noc4cc(F)ccc34)CC1)CCCC2O.Cc1nc2n(c(=O)c1CCN1CCC(c3noc4cc(F)ccc34)CC1)CCCC2OC(=O)O.O=C(O)Cl.[Y].[Y]. The van der Waals surface area contributed by atoms with Gasteiger partial charge in [-0.1, -0.05) is 10.3 Å². The average Bonchev–Trinajstić information content (AvgIpc) is 3.94. The van der Waals surface area contributed by atoms with Gasteiger partial charge in [-0.3, -0.25) is 18.7 Å². The number of hydrogen-bond acceptors (Lipinski definition) is 14. The number of ether oxygens (including phenoxy) is 1. The molecule has 2 atom stereocenters. The van der Waals surface area contributed by atoms with Crippen molar-refractivity contribution >= 4 is 45.1 Å². The van der Waals surface area contributed by atoms with E-state index in [0.29, 0.717) is 85.2 Å². The number of fused-ring (bicyclic) bond motifs is 4. The Labute approximate surface area is 462 Å². The molecule has 2 fully saturated rings. The zero-order valence-corrected chi connectivity index (χ0v) is 46.0. The molecule has 4 aliphatic heterocycles. The van der Waals surface area contributed by atoms with Crippen LogP contribution in [-0.2, 0) is 96.1 Å². The van der Waals surface area contributed by atoms with E-state index in [1.54, 1.807) is 28.2 Å². The fourth-order valence-corrected chi connectivity index (χ4v) is 10.2. The minimum absolute atomic E-state index is 0. The third-order valence-corrected chi connectivity index (χ3v) is 13.8. The van der Waals surface area contributed by atoms with Crippen LogP contribution in [-0.4, -0.2) is 105 Å². The Balaban J connectivity index is 0.000000211. The Bertz CT molecular complexity index is 2950. The zero-order valence-electron chi connectivity index (χ0n) is 39.6. The maximum absolute atomic E-state index is 13.4. The summed E-state index contributed by atoms with van der Waals surface area (Å²) < 4.78 is 45.7. The van der Waals surface area contributed by atoms with Crippen molar-refractivity contribution in [2.75, 3.05) is 39.3 Å². The van der Waals surface area contributed by atoms with Gasteiger partial charge in [0.25, 0.3) is 11.1 Å². The van der Waals surface area contributed by atoms with Gasteiger partial charge in [-0.05, 0) is 129 Å². The Morgan fingerprint density at radius 2 is 1.11 bits per heavy atom. The summed E-state index contributed by atoms with van der Waals surface area (Å²) >= 11 is 4.19. The van der Waals surface area contributed by atoms with E-state index < -0.39 is 23.8 Å². The molecule has 374 valence electrons. The molecule has 71 heavy (non-hydrogen) atoms. The number of aromatic nitrogens is 6. The van der Waals surface area contributed by atoms with Crippen LogP contribution in [0, 0.1) is 25.5 Å². The van der Waals surface area contributed by atoms with E-state index in [9.17, 15) is 28.3 Å². The van der Waals surface area contributed by atoms with Gasteiger partial charge in [0, 0.05) is 160 Å². The van der Waals surface area contributed by atoms with Crippen molar-refractivity contribution in [2.45, 2.75) is 115 Å². The second kappa shape index (κ2) is 25.4. The number of aryl methyl sites for hydroxylation is 2. The van der Waals surface area contributed by atoms with Gasteiger partial charge in [0.05, 0.1) is 11.4 Å². The maximum atomic E-state index is 13.4. The summed E-state index contributed by atoms with van der Waals surface area (Å²) in [5, 5.41) is 36.5. The number of nitrogens with zero attached hydrogens (tertiary/aromatic N) is 8. The van der Waals surface area contributed by atoms with Gasteiger partial charge in [-0.25, -0.2) is 28.3 Å². The zero-order chi connectivity index (χ0) is 48.9. The van der Waals surface area contributed by atoms with Crippen LogP contribution in [0.25, 0.3) is 21.9 Å². The summed E-state index contributed by atoms with van der Waals surface area (Å²) in [7, 11) is 0. The first-order chi connectivity index (χ1) is 33.1. The van der Waals surface area contributed by atoms with Crippen LogP contribution < -0.4 is 11.1 Å². The number of aliphatic hydroxyl groups is 1. The summed E-state index contributed by atoms with van der Waals surface area (Å²) in [6.45, 7) is 9.93. The van der Waals surface area contributed by atoms with Crippen molar-refractivity contribution < 1.29 is 113 Å². The fraction of sp³-hybridized carbons (Fsp3) is 0.500. The molecule has 10 rings (SSSR count). The van der Waals surface area contributed by atoms with Crippen LogP contribution >= 0.6 is 11.6 Å². The molecule has 0 aliphatic carbocycles. The molecule has 8 heterocycles.